The summed E-state index contributed by atoms with van der Waals surface area (Å²) in [4.78, 5) is 21.6. The normalized spacial score (nSPS) is 14.9. The molecule has 0 atom stereocenters. The molecule has 6 nitrogen and oxygen atoms in total. The molecular formula is C19H21N3O3S. The summed E-state index contributed by atoms with van der Waals surface area (Å²) < 4.78 is 12.0. The molecule has 1 aromatic carbocycles. The van der Waals surface area contributed by atoms with Crippen LogP contribution in [-0.4, -0.2) is 49.1 Å². The van der Waals surface area contributed by atoms with Crippen LogP contribution in [0.2, 0.25) is 0 Å². The van der Waals surface area contributed by atoms with Crippen LogP contribution in [-0.2, 0) is 0 Å². The average Bonchev–Trinajstić information content (AvgIpc) is 3.23. The van der Waals surface area contributed by atoms with Gasteiger partial charge in [-0.25, -0.2) is 4.98 Å². The smallest absolute Gasteiger partial charge is 0.257 e. The van der Waals surface area contributed by atoms with Crippen molar-refractivity contribution in [3.8, 4) is 5.75 Å². The number of aryl methyl sites for hydroxylation is 2. The molecule has 3 heterocycles. The molecule has 0 N–H and O–H groups in total. The van der Waals surface area contributed by atoms with Crippen LogP contribution in [0.25, 0.3) is 10.2 Å². The van der Waals surface area contributed by atoms with Gasteiger partial charge in [0, 0.05) is 26.2 Å². The molecule has 0 spiro atoms. The van der Waals surface area contributed by atoms with Gasteiger partial charge in [-0.1, -0.05) is 17.4 Å². The van der Waals surface area contributed by atoms with Gasteiger partial charge < -0.3 is 19.0 Å². The number of carbonyl (C=O) groups excluding carboxylic acids is 1. The predicted octanol–water partition coefficient (Wildman–Crippen LogP) is 3.48. The predicted molar refractivity (Wildman–Crippen MR) is 102 cm³/mol. The second-order valence-electron chi connectivity index (χ2n) is 6.41. The van der Waals surface area contributed by atoms with E-state index in [9.17, 15) is 4.79 Å². The lowest BCUT2D eigenvalue weighted by Gasteiger charge is -2.34. The first-order valence-electron chi connectivity index (χ1n) is 8.61. The number of hydrogen-bond acceptors (Lipinski definition) is 6. The molecule has 1 aliphatic rings. The van der Waals surface area contributed by atoms with Crippen LogP contribution in [0.3, 0.4) is 0 Å². The minimum atomic E-state index is 0.0463. The van der Waals surface area contributed by atoms with Crippen LogP contribution >= 0.6 is 11.3 Å². The van der Waals surface area contributed by atoms with Crippen molar-refractivity contribution in [3.63, 3.8) is 0 Å². The zero-order valence-electron chi connectivity index (χ0n) is 15.1. The number of amides is 1. The Morgan fingerprint density at radius 2 is 2.00 bits per heavy atom. The topological polar surface area (TPSA) is 58.8 Å². The lowest BCUT2D eigenvalue weighted by molar-refractivity contribution is 0.0745. The lowest BCUT2D eigenvalue weighted by atomic mass is 10.2. The third kappa shape index (κ3) is 2.92. The van der Waals surface area contributed by atoms with E-state index in [-0.39, 0.29) is 5.91 Å². The van der Waals surface area contributed by atoms with E-state index in [4.69, 9.17) is 14.1 Å². The second-order valence-corrected chi connectivity index (χ2v) is 7.42. The zero-order chi connectivity index (χ0) is 18.3. The van der Waals surface area contributed by atoms with E-state index in [1.54, 1.807) is 18.4 Å². The number of furan rings is 1. The van der Waals surface area contributed by atoms with Crippen LogP contribution in [0.15, 0.2) is 28.7 Å². The summed E-state index contributed by atoms with van der Waals surface area (Å²) in [5.41, 5.74) is 1.57. The number of rotatable bonds is 3. The van der Waals surface area contributed by atoms with Gasteiger partial charge in [-0.3, -0.25) is 4.79 Å². The number of methoxy groups -OCH3 is 1. The van der Waals surface area contributed by atoms with Gasteiger partial charge in [0.2, 0.25) is 0 Å². The highest BCUT2D eigenvalue weighted by Gasteiger charge is 2.26. The summed E-state index contributed by atoms with van der Waals surface area (Å²) in [6.45, 7) is 6.59. The van der Waals surface area contributed by atoms with Crippen molar-refractivity contribution in [2.24, 2.45) is 0 Å². The molecule has 1 saturated heterocycles. The molecular weight excluding hydrogens is 350 g/mol. The fourth-order valence-electron chi connectivity index (χ4n) is 3.33. The van der Waals surface area contributed by atoms with Gasteiger partial charge in [0.25, 0.3) is 5.91 Å². The molecule has 0 bridgehead atoms. The molecule has 7 heteroatoms. The molecule has 0 radical (unpaired) electrons. The van der Waals surface area contributed by atoms with Gasteiger partial charge in [-0.15, -0.1) is 0 Å². The summed E-state index contributed by atoms with van der Waals surface area (Å²) in [6, 6.07) is 7.79. The third-order valence-corrected chi connectivity index (χ3v) is 5.78. The van der Waals surface area contributed by atoms with Crippen LogP contribution in [0, 0.1) is 13.8 Å². The maximum Gasteiger partial charge on any atom is 0.257 e. The summed E-state index contributed by atoms with van der Waals surface area (Å²) >= 11 is 1.66. The summed E-state index contributed by atoms with van der Waals surface area (Å²) in [5.74, 6) is 2.30. The van der Waals surface area contributed by atoms with Crippen molar-refractivity contribution >= 4 is 32.6 Å². The number of para-hydroxylation sites is 1. The van der Waals surface area contributed by atoms with Crippen molar-refractivity contribution in [1.29, 1.82) is 0 Å². The Morgan fingerprint density at radius 3 is 2.65 bits per heavy atom. The van der Waals surface area contributed by atoms with Crippen molar-refractivity contribution in [3.05, 3.63) is 41.3 Å². The lowest BCUT2D eigenvalue weighted by Crippen LogP contribution is -2.48. The Kier molecular flexibility index (Phi) is 4.32. The molecule has 0 unspecified atom stereocenters. The molecule has 1 fully saturated rings. The number of nitrogens with zero attached hydrogens (tertiary/aromatic N) is 3. The molecule has 3 aromatic rings. The van der Waals surface area contributed by atoms with Gasteiger partial charge in [0.15, 0.2) is 5.13 Å². The Morgan fingerprint density at radius 1 is 1.23 bits per heavy atom. The first-order chi connectivity index (χ1) is 12.6. The first kappa shape index (κ1) is 16.9. The van der Waals surface area contributed by atoms with Crippen LogP contribution < -0.4 is 9.64 Å². The number of carbonyl (C=O) groups is 1. The Labute approximate surface area is 156 Å². The molecule has 0 saturated carbocycles. The van der Waals surface area contributed by atoms with E-state index in [1.165, 1.54) is 0 Å². The largest absolute Gasteiger partial charge is 0.494 e. The maximum absolute atomic E-state index is 12.7. The van der Waals surface area contributed by atoms with Crippen LogP contribution in [0.1, 0.15) is 21.9 Å². The van der Waals surface area contributed by atoms with Crippen LogP contribution in [0.4, 0.5) is 5.13 Å². The van der Waals surface area contributed by atoms with Crippen molar-refractivity contribution in [2.45, 2.75) is 13.8 Å². The minimum absolute atomic E-state index is 0.0463. The molecule has 1 aliphatic heterocycles. The summed E-state index contributed by atoms with van der Waals surface area (Å²) in [6.07, 6.45) is 0. The number of aromatic nitrogens is 1. The monoisotopic (exact) mass is 371 g/mol. The SMILES string of the molecule is COc1cccc2sc(N3CCN(C(=O)c4cc(C)oc4C)CC3)nc12. The highest BCUT2D eigenvalue weighted by atomic mass is 32.1. The van der Waals surface area contributed by atoms with E-state index in [0.29, 0.717) is 24.4 Å². The first-order valence-corrected chi connectivity index (χ1v) is 9.43. The van der Waals surface area contributed by atoms with Crippen molar-refractivity contribution in [1.82, 2.24) is 9.88 Å². The summed E-state index contributed by atoms with van der Waals surface area (Å²) in [7, 11) is 1.66. The van der Waals surface area contributed by atoms with Gasteiger partial charge >= 0.3 is 0 Å². The molecule has 2 aromatic heterocycles. The fraction of sp³-hybridized carbons (Fsp3) is 0.368. The number of anilines is 1. The van der Waals surface area contributed by atoms with Crippen molar-refractivity contribution < 1.29 is 13.9 Å². The molecule has 4 rings (SSSR count). The number of piperazine rings is 1. The minimum Gasteiger partial charge on any atom is -0.494 e. The summed E-state index contributed by atoms with van der Waals surface area (Å²) in [5, 5.41) is 0.979. The second kappa shape index (κ2) is 6.64. The van der Waals surface area contributed by atoms with Crippen molar-refractivity contribution in [2.75, 3.05) is 38.2 Å². The van der Waals surface area contributed by atoms with E-state index < -0.39 is 0 Å². The highest BCUT2D eigenvalue weighted by Crippen LogP contribution is 2.34. The van der Waals surface area contributed by atoms with Gasteiger partial charge in [0.1, 0.15) is 22.8 Å². The maximum atomic E-state index is 12.7. The number of benzene rings is 1. The van der Waals surface area contributed by atoms with E-state index in [0.717, 1.165) is 39.9 Å². The zero-order valence-corrected chi connectivity index (χ0v) is 15.9. The third-order valence-electron chi connectivity index (χ3n) is 4.70. The quantitative estimate of drug-likeness (QED) is 0.705. The standard InChI is InChI=1S/C19H21N3O3S/c1-12-11-14(13(2)25-12)18(23)21-7-9-22(10-8-21)19-20-17-15(24-3)5-4-6-16(17)26-19/h4-6,11H,7-10H2,1-3H3. The van der Waals surface area contributed by atoms with Crippen LogP contribution in [0.5, 0.6) is 5.75 Å². The van der Waals surface area contributed by atoms with Gasteiger partial charge in [-0.2, -0.15) is 0 Å². The Balaban J connectivity index is 1.48. The van der Waals surface area contributed by atoms with E-state index in [2.05, 4.69) is 11.0 Å². The van der Waals surface area contributed by atoms with Gasteiger partial charge in [-0.05, 0) is 32.0 Å². The molecule has 0 aliphatic carbocycles. The van der Waals surface area contributed by atoms with E-state index >= 15 is 0 Å². The number of thiazole rings is 1. The molecule has 26 heavy (non-hydrogen) atoms. The fourth-order valence-corrected chi connectivity index (χ4v) is 4.36. The molecule has 136 valence electrons. The van der Waals surface area contributed by atoms with E-state index in [1.807, 2.05) is 36.9 Å². The average molecular weight is 371 g/mol. The number of hydrogen-bond donors (Lipinski definition) is 0. The molecule has 1 amide bonds. The van der Waals surface area contributed by atoms with Gasteiger partial charge in [0.05, 0.1) is 17.4 Å². The number of fused-ring (bicyclic) bond motifs is 1. The Hall–Kier alpha value is -2.54. The number of ether oxygens (including phenoxy) is 1. The highest BCUT2D eigenvalue weighted by molar-refractivity contribution is 7.22. The Bertz CT molecular complexity index is 954.